The van der Waals surface area contributed by atoms with Crippen molar-refractivity contribution in [1.82, 2.24) is 4.98 Å². The Morgan fingerprint density at radius 2 is 2.31 bits per heavy atom. The van der Waals surface area contributed by atoms with Crippen molar-refractivity contribution in [3.8, 4) is 0 Å². The molecule has 0 saturated heterocycles. The quantitative estimate of drug-likeness (QED) is 0.858. The molecule has 16 heavy (non-hydrogen) atoms. The first-order valence-electron chi connectivity index (χ1n) is 5.34. The van der Waals surface area contributed by atoms with Gasteiger partial charge in [-0.05, 0) is 18.6 Å². The lowest BCUT2D eigenvalue weighted by molar-refractivity contribution is 0.0699. The third-order valence-corrected chi connectivity index (χ3v) is 2.44. The second-order valence-electron chi connectivity index (χ2n) is 3.67. The van der Waals surface area contributed by atoms with Gasteiger partial charge in [0.15, 0.2) is 11.5 Å². The van der Waals surface area contributed by atoms with Crippen molar-refractivity contribution in [2.75, 3.05) is 0 Å². The van der Waals surface area contributed by atoms with Crippen molar-refractivity contribution < 1.29 is 14.3 Å². The molecule has 4 nitrogen and oxygen atoms in total. The summed E-state index contributed by atoms with van der Waals surface area (Å²) in [6, 6.07) is 4.95. The lowest BCUT2D eigenvalue weighted by atomic mass is 10.2. The predicted molar refractivity (Wildman–Crippen MR) is 59.6 cm³/mol. The number of para-hydroxylation sites is 1. The molecule has 1 N–H and O–H groups in total. The monoisotopic (exact) mass is 219 g/mol. The van der Waals surface area contributed by atoms with E-state index >= 15 is 0 Å². The van der Waals surface area contributed by atoms with Crippen LogP contribution in [0.3, 0.4) is 0 Å². The molecule has 4 heteroatoms. The predicted octanol–water partition coefficient (Wildman–Crippen LogP) is 2.87. The maximum Gasteiger partial charge on any atom is 0.338 e. The summed E-state index contributed by atoms with van der Waals surface area (Å²) in [6.07, 6.45) is 2.81. The highest BCUT2D eigenvalue weighted by Gasteiger charge is 2.13. The first-order chi connectivity index (χ1) is 7.72. The van der Waals surface area contributed by atoms with Gasteiger partial charge >= 0.3 is 5.97 Å². The van der Waals surface area contributed by atoms with Gasteiger partial charge in [-0.2, -0.15) is 0 Å². The van der Waals surface area contributed by atoms with Crippen LogP contribution in [0.5, 0.6) is 0 Å². The lowest BCUT2D eigenvalue weighted by Gasteiger charge is -1.92. The minimum absolute atomic E-state index is 0.198. The van der Waals surface area contributed by atoms with E-state index in [0.717, 1.165) is 19.3 Å². The van der Waals surface area contributed by atoms with Crippen molar-refractivity contribution in [2.24, 2.45) is 0 Å². The molecule has 2 aromatic rings. The van der Waals surface area contributed by atoms with Crippen molar-refractivity contribution >= 4 is 17.1 Å². The Balaban J connectivity index is 2.44. The fraction of sp³-hybridized carbons (Fsp3) is 0.333. The summed E-state index contributed by atoms with van der Waals surface area (Å²) in [5.74, 6) is -0.355. The van der Waals surface area contributed by atoms with Gasteiger partial charge in [-0.1, -0.05) is 19.4 Å². The Labute approximate surface area is 92.9 Å². The average molecular weight is 219 g/mol. The lowest BCUT2D eigenvalue weighted by Crippen LogP contribution is -1.96. The standard InChI is InChI=1S/C12H13NO3/c1-2-3-7-10-13-11-8(12(14)15)5-4-6-9(11)16-10/h4-6H,2-3,7H2,1H3,(H,14,15). The van der Waals surface area contributed by atoms with E-state index in [0.29, 0.717) is 17.0 Å². The van der Waals surface area contributed by atoms with Gasteiger partial charge in [-0.25, -0.2) is 9.78 Å². The van der Waals surface area contributed by atoms with Crippen LogP contribution in [-0.4, -0.2) is 16.1 Å². The zero-order valence-corrected chi connectivity index (χ0v) is 9.06. The van der Waals surface area contributed by atoms with Gasteiger partial charge in [0.25, 0.3) is 0 Å². The molecule has 0 bridgehead atoms. The summed E-state index contributed by atoms with van der Waals surface area (Å²) in [5.41, 5.74) is 1.19. The van der Waals surface area contributed by atoms with Gasteiger partial charge in [0, 0.05) is 6.42 Å². The summed E-state index contributed by atoms with van der Waals surface area (Å²) in [5, 5.41) is 8.99. The highest BCUT2D eigenvalue weighted by atomic mass is 16.4. The van der Waals surface area contributed by atoms with Crippen molar-refractivity contribution in [3.63, 3.8) is 0 Å². The van der Waals surface area contributed by atoms with Crippen LogP contribution in [0.2, 0.25) is 0 Å². The third kappa shape index (κ3) is 1.91. The maximum absolute atomic E-state index is 11.0. The summed E-state index contributed by atoms with van der Waals surface area (Å²) in [6.45, 7) is 2.09. The van der Waals surface area contributed by atoms with Crippen molar-refractivity contribution in [1.29, 1.82) is 0 Å². The molecule has 0 unspecified atom stereocenters. The van der Waals surface area contributed by atoms with Crippen LogP contribution >= 0.6 is 0 Å². The van der Waals surface area contributed by atoms with Crippen LogP contribution in [0.4, 0.5) is 0 Å². The molecule has 0 fully saturated rings. The first kappa shape index (κ1) is 10.7. The van der Waals surface area contributed by atoms with Gasteiger partial charge < -0.3 is 9.52 Å². The number of aromatic nitrogens is 1. The number of hydrogen-bond acceptors (Lipinski definition) is 3. The van der Waals surface area contributed by atoms with Crippen LogP contribution in [0, 0.1) is 0 Å². The minimum Gasteiger partial charge on any atom is -0.478 e. The molecular formula is C12H13NO3. The van der Waals surface area contributed by atoms with E-state index in [-0.39, 0.29) is 5.56 Å². The average Bonchev–Trinajstić information content (AvgIpc) is 2.68. The van der Waals surface area contributed by atoms with E-state index in [1.54, 1.807) is 12.1 Å². The Morgan fingerprint density at radius 3 is 3.00 bits per heavy atom. The molecule has 0 atom stereocenters. The minimum atomic E-state index is -0.971. The molecule has 1 aromatic heterocycles. The van der Waals surface area contributed by atoms with E-state index in [1.807, 2.05) is 0 Å². The number of benzene rings is 1. The molecule has 0 radical (unpaired) electrons. The molecule has 0 saturated carbocycles. The number of rotatable bonds is 4. The summed E-state index contributed by atoms with van der Waals surface area (Å²) in [4.78, 5) is 15.2. The normalized spacial score (nSPS) is 10.8. The fourth-order valence-electron chi connectivity index (χ4n) is 1.60. The van der Waals surface area contributed by atoms with Crippen molar-refractivity contribution in [2.45, 2.75) is 26.2 Å². The number of nitrogens with zero attached hydrogens (tertiary/aromatic N) is 1. The van der Waals surface area contributed by atoms with Gasteiger partial charge in [0.05, 0.1) is 5.56 Å². The Morgan fingerprint density at radius 1 is 1.50 bits per heavy atom. The van der Waals surface area contributed by atoms with Crippen LogP contribution in [0.15, 0.2) is 22.6 Å². The highest BCUT2D eigenvalue weighted by Crippen LogP contribution is 2.20. The third-order valence-electron chi connectivity index (χ3n) is 2.44. The number of aryl methyl sites for hydroxylation is 1. The number of carboxylic acid groups (broad SMARTS) is 1. The van der Waals surface area contributed by atoms with Gasteiger partial charge in [-0.15, -0.1) is 0 Å². The maximum atomic E-state index is 11.0. The molecule has 1 heterocycles. The SMILES string of the molecule is CCCCc1nc2c(C(=O)O)cccc2o1. The van der Waals surface area contributed by atoms with Gasteiger partial charge in [-0.3, -0.25) is 0 Å². The number of carbonyl (C=O) groups is 1. The zero-order chi connectivity index (χ0) is 11.5. The van der Waals surface area contributed by atoms with Crippen LogP contribution in [0.1, 0.15) is 36.0 Å². The molecule has 0 aliphatic carbocycles. The van der Waals surface area contributed by atoms with E-state index < -0.39 is 5.97 Å². The topological polar surface area (TPSA) is 63.3 Å². The van der Waals surface area contributed by atoms with Gasteiger partial charge in [0.2, 0.25) is 0 Å². The Kier molecular flexibility index (Phi) is 2.90. The van der Waals surface area contributed by atoms with Crippen LogP contribution in [0.25, 0.3) is 11.1 Å². The number of hydrogen-bond donors (Lipinski definition) is 1. The molecule has 0 amide bonds. The molecule has 1 aromatic carbocycles. The summed E-state index contributed by atoms with van der Waals surface area (Å²) in [7, 11) is 0. The zero-order valence-electron chi connectivity index (χ0n) is 9.06. The number of unbranched alkanes of at least 4 members (excludes halogenated alkanes) is 1. The Hall–Kier alpha value is -1.84. The summed E-state index contributed by atoms with van der Waals surface area (Å²) >= 11 is 0. The largest absolute Gasteiger partial charge is 0.478 e. The second-order valence-corrected chi connectivity index (χ2v) is 3.67. The van der Waals surface area contributed by atoms with Crippen LogP contribution < -0.4 is 0 Å². The first-order valence-corrected chi connectivity index (χ1v) is 5.34. The smallest absolute Gasteiger partial charge is 0.338 e. The fourth-order valence-corrected chi connectivity index (χ4v) is 1.60. The molecule has 2 rings (SSSR count). The number of aromatic carboxylic acids is 1. The van der Waals surface area contributed by atoms with E-state index in [9.17, 15) is 4.79 Å². The van der Waals surface area contributed by atoms with E-state index in [2.05, 4.69) is 11.9 Å². The van der Waals surface area contributed by atoms with E-state index in [1.165, 1.54) is 6.07 Å². The Bertz CT molecular complexity index is 516. The number of oxazole rings is 1. The van der Waals surface area contributed by atoms with Gasteiger partial charge in [0.1, 0.15) is 5.52 Å². The number of fused-ring (bicyclic) bond motifs is 1. The molecular weight excluding hydrogens is 206 g/mol. The summed E-state index contributed by atoms with van der Waals surface area (Å²) < 4.78 is 5.49. The molecule has 0 spiro atoms. The molecule has 0 aliphatic rings. The highest BCUT2D eigenvalue weighted by molar-refractivity contribution is 6.00. The van der Waals surface area contributed by atoms with E-state index in [4.69, 9.17) is 9.52 Å². The van der Waals surface area contributed by atoms with Crippen molar-refractivity contribution in [3.05, 3.63) is 29.7 Å². The molecule has 84 valence electrons. The number of carboxylic acids is 1. The second kappa shape index (κ2) is 4.35. The van der Waals surface area contributed by atoms with Crippen LogP contribution in [-0.2, 0) is 6.42 Å². The molecule has 0 aliphatic heterocycles.